The van der Waals surface area contributed by atoms with Gasteiger partial charge in [0.05, 0.1) is 6.61 Å². The first kappa shape index (κ1) is 13.3. The van der Waals surface area contributed by atoms with Crippen LogP contribution in [0.2, 0.25) is 0 Å². The predicted octanol–water partition coefficient (Wildman–Crippen LogP) is -3.22. The van der Waals surface area contributed by atoms with Crippen molar-refractivity contribution in [3.05, 3.63) is 0 Å². The molecule has 1 saturated heterocycles. The van der Waals surface area contributed by atoms with Crippen LogP contribution in [0.25, 0.3) is 0 Å². The maximum Gasteiger partial charge on any atom is 0.184 e. The standard InChI is InChI=1S/C6H12O6.Ni/c7-1-2-3(8)4(9)5(10)6(11)12-2;/h2-11H,1H2;/t2-,3-,4+,5-,6?;/m1./s1. The van der Waals surface area contributed by atoms with Crippen LogP contribution < -0.4 is 0 Å². The Balaban J connectivity index is 0.00000144. The van der Waals surface area contributed by atoms with E-state index >= 15 is 0 Å². The summed E-state index contributed by atoms with van der Waals surface area (Å²) >= 11 is 0. The van der Waals surface area contributed by atoms with Gasteiger partial charge in [-0.05, 0) is 0 Å². The summed E-state index contributed by atoms with van der Waals surface area (Å²) in [6, 6.07) is 0. The second-order valence-electron chi connectivity index (χ2n) is 2.72. The van der Waals surface area contributed by atoms with E-state index in [1.54, 1.807) is 0 Å². The van der Waals surface area contributed by atoms with Gasteiger partial charge in [-0.2, -0.15) is 0 Å². The van der Waals surface area contributed by atoms with Crippen molar-refractivity contribution < 1.29 is 46.8 Å². The van der Waals surface area contributed by atoms with Gasteiger partial charge in [-0.15, -0.1) is 0 Å². The van der Waals surface area contributed by atoms with E-state index in [-0.39, 0.29) is 16.5 Å². The van der Waals surface area contributed by atoms with E-state index in [4.69, 9.17) is 25.5 Å². The summed E-state index contributed by atoms with van der Waals surface area (Å²) < 4.78 is 4.58. The Morgan fingerprint density at radius 1 is 0.923 bits per heavy atom. The Kier molecular flexibility index (Phi) is 5.31. The number of rotatable bonds is 1. The average Bonchev–Trinajstić information content (AvgIpc) is 2.08. The van der Waals surface area contributed by atoms with Crippen LogP contribution in [0.15, 0.2) is 0 Å². The zero-order valence-electron chi connectivity index (χ0n) is 6.55. The molecule has 0 amide bonds. The first-order chi connectivity index (χ1) is 5.57. The molecule has 7 heteroatoms. The van der Waals surface area contributed by atoms with Crippen molar-refractivity contribution in [2.45, 2.75) is 30.7 Å². The third-order valence-electron chi connectivity index (χ3n) is 1.87. The molecule has 0 aromatic carbocycles. The van der Waals surface area contributed by atoms with Gasteiger partial charge in [-0.1, -0.05) is 0 Å². The van der Waals surface area contributed by atoms with Crippen LogP contribution in [0.3, 0.4) is 0 Å². The van der Waals surface area contributed by atoms with Crippen molar-refractivity contribution in [1.29, 1.82) is 0 Å². The number of aliphatic hydroxyl groups is 5. The average molecular weight is 239 g/mol. The van der Waals surface area contributed by atoms with Gasteiger partial charge >= 0.3 is 0 Å². The molecule has 0 aliphatic carbocycles. The third-order valence-corrected chi connectivity index (χ3v) is 1.87. The summed E-state index contributed by atoms with van der Waals surface area (Å²) in [6.07, 6.45) is -7.04. The molecule has 1 rings (SSSR count). The van der Waals surface area contributed by atoms with Crippen molar-refractivity contribution in [3.8, 4) is 0 Å². The Bertz CT molecular complexity index is 151. The zero-order valence-corrected chi connectivity index (χ0v) is 7.54. The van der Waals surface area contributed by atoms with Crippen LogP contribution >= 0.6 is 0 Å². The van der Waals surface area contributed by atoms with Crippen LogP contribution in [-0.4, -0.2) is 62.8 Å². The van der Waals surface area contributed by atoms with Gasteiger partial charge in [0, 0.05) is 16.5 Å². The molecule has 1 unspecified atom stereocenters. The molecule has 0 saturated carbocycles. The summed E-state index contributed by atoms with van der Waals surface area (Å²) in [7, 11) is 0. The summed E-state index contributed by atoms with van der Waals surface area (Å²) in [5, 5.41) is 44.7. The van der Waals surface area contributed by atoms with Crippen LogP contribution in [0, 0.1) is 0 Å². The van der Waals surface area contributed by atoms with E-state index in [1.807, 2.05) is 0 Å². The van der Waals surface area contributed by atoms with Gasteiger partial charge in [0.25, 0.3) is 0 Å². The molecule has 5 atom stereocenters. The first-order valence-electron chi connectivity index (χ1n) is 3.56. The fourth-order valence-corrected chi connectivity index (χ4v) is 1.08. The Hall–Kier alpha value is 0.254. The Morgan fingerprint density at radius 3 is 1.92 bits per heavy atom. The van der Waals surface area contributed by atoms with E-state index in [9.17, 15) is 0 Å². The molecule has 1 heterocycles. The van der Waals surface area contributed by atoms with E-state index < -0.39 is 37.3 Å². The quantitative estimate of drug-likeness (QED) is 0.308. The second-order valence-corrected chi connectivity index (χ2v) is 2.72. The number of hydrogen-bond donors (Lipinski definition) is 5. The zero-order chi connectivity index (χ0) is 9.30. The fraction of sp³-hybridized carbons (Fsp3) is 1.00. The number of ether oxygens (including phenoxy) is 1. The van der Waals surface area contributed by atoms with Crippen LogP contribution in [-0.2, 0) is 21.2 Å². The monoisotopic (exact) mass is 238 g/mol. The molecule has 0 radical (unpaired) electrons. The summed E-state index contributed by atoms with van der Waals surface area (Å²) in [6.45, 7) is -0.526. The molecular weight excluding hydrogens is 227 g/mol. The maximum absolute atomic E-state index is 9.12. The van der Waals surface area contributed by atoms with Crippen molar-refractivity contribution in [2.24, 2.45) is 0 Å². The minimum Gasteiger partial charge on any atom is -0.394 e. The molecule has 0 bridgehead atoms. The molecule has 0 aromatic rings. The SMILES string of the molecule is OC[C@H]1OC(O)[C@H](O)[C@@H](O)[C@@H]1O.[Ni]. The molecule has 13 heavy (non-hydrogen) atoms. The largest absolute Gasteiger partial charge is 0.394 e. The van der Waals surface area contributed by atoms with E-state index in [2.05, 4.69) is 4.74 Å². The summed E-state index contributed by atoms with van der Waals surface area (Å²) in [4.78, 5) is 0. The van der Waals surface area contributed by atoms with Gasteiger partial charge < -0.3 is 30.3 Å². The summed E-state index contributed by atoms with van der Waals surface area (Å²) in [5.74, 6) is 0. The maximum atomic E-state index is 9.12. The Morgan fingerprint density at radius 2 is 1.46 bits per heavy atom. The van der Waals surface area contributed by atoms with E-state index in [1.165, 1.54) is 0 Å². The van der Waals surface area contributed by atoms with Gasteiger partial charge in [0.15, 0.2) is 6.29 Å². The van der Waals surface area contributed by atoms with Crippen molar-refractivity contribution in [3.63, 3.8) is 0 Å². The third kappa shape index (κ3) is 2.60. The normalized spacial score (nSPS) is 45.5. The second kappa shape index (κ2) is 5.21. The topological polar surface area (TPSA) is 110 Å². The van der Waals surface area contributed by atoms with Crippen molar-refractivity contribution >= 4 is 0 Å². The number of aliphatic hydroxyl groups excluding tert-OH is 5. The molecule has 0 aromatic heterocycles. The van der Waals surface area contributed by atoms with Gasteiger partial charge in [-0.25, -0.2) is 0 Å². The smallest absolute Gasteiger partial charge is 0.184 e. The van der Waals surface area contributed by atoms with Crippen molar-refractivity contribution in [1.82, 2.24) is 0 Å². The molecule has 1 aliphatic heterocycles. The minimum absolute atomic E-state index is 0. The molecule has 5 N–H and O–H groups in total. The van der Waals surface area contributed by atoms with Crippen LogP contribution in [0.5, 0.6) is 0 Å². The van der Waals surface area contributed by atoms with Gasteiger partial charge in [-0.3, -0.25) is 0 Å². The Labute approximate surface area is 84.7 Å². The van der Waals surface area contributed by atoms with Gasteiger partial charge in [0.1, 0.15) is 24.4 Å². The van der Waals surface area contributed by atoms with E-state index in [0.717, 1.165) is 0 Å². The predicted molar refractivity (Wildman–Crippen MR) is 36.0 cm³/mol. The van der Waals surface area contributed by atoms with E-state index in [0.29, 0.717) is 0 Å². The van der Waals surface area contributed by atoms with Gasteiger partial charge in [0.2, 0.25) is 0 Å². The molecular formula is C6H12NiO6. The summed E-state index contributed by atoms with van der Waals surface area (Å²) in [5.41, 5.74) is 0. The molecule has 6 nitrogen and oxygen atoms in total. The van der Waals surface area contributed by atoms with Crippen LogP contribution in [0.4, 0.5) is 0 Å². The molecule has 1 fully saturated rings. The van der Waals surface area contributed by atoms with Crippen molar-refractivity contribution in [2.75, 3.05) is 6.61 Å². The molecule has 82 valence electrons. The fourth-order valence-electron chi connectivity index (χ4n) is 1.08. The molecule has 1 aliphatic rings. The first-order valence-corrected chi connectivity index (χ1v) is 3.56. The molecule has 0 spiro atoms. The minimum atomic E-state index is -1.57. The number of hydrogen-bond acceptors (Lipinski definition) is 6. The van der Waals surface area contributed by atoms with Crippen LogP contribution in [0.1, 0.15) is 0 Å².